The number of amides is 2. The van der Waals surface area contributed by atoms with E-state index < -0.39 is 11.8 Å². The van der Waals surface area contributed by atoms with Gasteiger partial charge in [-0.1, -0.05) is 0 Å². The summed E-state index contributed by atoms with van der Waals surface area (Å²) in [4.78, 5) is 31.6. The number of carbonyl (C=O) groups is 2. The van der Waals surface area contributed by atoms with Crippen molar-refractivity contribution in [2.24, 2.45) is 0 Å². The number of halogens is 2. The molecule has 0 aliphatic heterocycles. The molecule has 0 atom stereocenters. The molecule has 26 heavy (non-hydrogen) atoms. The Morgan fingerprint density at radius 2 is 1.27 bits per heavy atom. The second kappa shape index (κ2) is 8.26. The monoisotopic (exact) mass is 568 g/mol. The van der Waals surface area contributed by atoms with Gasteiger partial charge in [0.25, 0.3) is 11.8 Å². The predicted octanol–water partition coefficient (Wildman–Crippen LogP) is 5.09. The molecule has 0 N–H and O–H groups in total. The maximum Gasteiger partial charge on any atom is 0.266 e. The van der Waals surface area contributed by atoms with Crippen molar-refractivity contribution in [2.45, 2.75) is 6.92 Å². The number of carbonyl (C=O) groups excluding carboxylic acids is 2. The molecule has 2 aromatic carbocycles. The van der Waals surface area contributed by atoms with Gasteiger partial charge in [-0.15, -0.1) is 0 Å². The third-order valence-electron chi connectivity index (χ3n) is 3.72. The maximum atomic E-state index is 13.1. The third-order valence-corrected chi connectivity index (χ3v) is 5.16. The first-order valence-corrected chi connectivity index (χ1v) is 9.94. The van der Waals surface area contributed by atoms with Crippen molar-refractivity contribution >= 4 is 62.8 Å². The van der Waals surface area contributed by atoms with E-state index in [1.54, 1.807) is 36.5 Å². The van der Waals surface area contributed by atoms with Crippen LogP contribution in [0.4, 0.5) is 5.82 Å². The number of benzene rings is 2. The molecular formula is C20H14I2N2O2. The van der Waals surface area contributed by atoms with Crippen LogP contribution in [0.2, 0.25) is 0 Å². The van der Waals surface area contributed by atoms with E-state index in [1.165, 1.54) is 0 Å². The summed E-state index contributed by atoms with van der Waals surface area (Å²) in [5.41, 5.74) is 1.80. The normalized spacial score (nSPS) is 10.4. The topological polar surface area (TPSA) is 50.3 Å². The van der Waals surface area contributed by atoms with Crippen LogP contribution >= 0.6 is 45.2 Å². The average molecular weight is 568 g/mol. The molecule has 0 fully saturated rings. The molecular weight excluding hydrogens is 554 g/mol. The van der Waals surface area contributed by atoms with Crippen molar-refractivity contribution in [3.8, 4) is 0 Å². The summed E-state index contributed by atoms with van der Waals surface area (Å²) in [6.07, 6.45) is 1.60. The minimum Gasteiger partial charge on any atom is -0.268 e. The lowest BCUT2D eigenvalue weighted by atomic mass is 10.1. The molecule has 0 bridgehead atoms. The summed E-state index contributed by atoms with van der Waals surface area (Å²) in [6.45, 7) is 1.90. The summed E-state index contributed by atoms with van der Waals surface area (Å²) in [6, 6.07) is 17.8. The lowest BCUT2D eigenvalue weighted by Gasteiger charge is -2.20. The zero-order chi connectivity index (χ0) is 18.7. The van der Waals surface area contributed by atoms with Crippen LogP contribution in [0.15, 0.2) is 66.9 Å². The van der Waals surface area contributed by atoms with Crippen LogP contribution in [-0.2, 0) is 0 Å². The highest BCUT2D eigenvalue weighted by Crippen LogP contribution is 2.20. The second-order valence-corrected chi connectivity index (χ2v) is 8.14. The molecule has 1 aromatic heterocycles. The van der Waals surface area contributed by atoms with E-state index in [0.717, 1.165) is 17.6 Å². The molecule has 3 rings (SSSR count). The summed E-state index contributed by atoms with van der Waals surface area (Å²) in [5.74, 6) is -0.483. The highest BCUT2D eigenvalue weighted by Gasteiger charge is 2.27. The maximum absolute atomic E-state index is 13.1. The van der Waals surface area contributed by atoms with Crippen molar-refractivity contribution in [2.75, 3.05) is 4.90 Å². The molecule has 0 unspecified atom stereocenters. The van der Waals surface area contributed by atoms with Gasteiger partial charge in [0, 0.05) is 24.5 Å². The standard InChI is InChI=1S/C20H14I2N2O2/c1-13-10-11-23-18(12-13)24(19(25)14-2-6-16(21)7-3-14)20(26)15-4-8-17(22)9-5-15/h2-12H,1H3. The van der Waals surface area contributed by atoms with Crippen molar-refractivity contribution in [3.05, 3.63) is 90.7 Å². The molecule has 2 amide bonds. The lowest BCUT2D eigenvalue weighted by molar-refractivity contribution is 0.0896. The Kier molecular flexibility index (Phi) is 6.02. The van der Waals surface area contributed by atoms with E-state index in [-0.39, 0.29) is 0 Å². The molecule has 0 spiro atoms. The van der Waals surface area contributed by atoms with Crippen LogP contribution in [0.25, 0.3) is 0 Å². The molecule has 3 aromatic rings. The highest BCUT2D eigenvalue weighted by atomic mass is 127. The molecule has 0 saturated carbocycles. The molecule has 1 heterocycles. The molecule has 130 valence electrons. The van der Waals surface area contributed by atoms with Crippen LogP contribution in [-0.4, -0.2) is 16.8 Å². The van der Waals surface area contributed by atoms with Crippen molar-refractivity contribution < 1.29 is 9.59 Å². The molecule has 0 aliphatic rings. The predicted molar refractivity (Wildman–Crippen MR) is 118 cm³/mol. The number of pyridine rings is 1. The van der Waals surface area contributed by atoms with Crippen LogP contribution in [0, 0.1) is 14.1 Å². The zero-order valence-electron chi connectivity index (χ0n) is 13.8. The van der Waals surface area contributed by atoms with Crippen molar-refractivity contribution in [1.82, 2.24) is 4.98 Å². The number of imide groups is 1. The number of aryl methyl sites for hydroxylation is 1. The Balaban J connectivity index is 2.06. The van der Waals surface area contributed by atoms with E-state index in [4.69, 9.17) is 0 Å². The van der Waals surface area contributed by atoms with Crippen LogP contribution in [0.3, 0.4) is 0 Å². The number of nitrogens with zero attached hydrogens (tertiary/aromatic N) is 2. The quantitative estimate of drug-likeness (QED) is 0.327. The molecule has 0 aliphatic carbocycles. The largest absolute Gasteiger partial charge is 0.268 e. The van der Waals surface area contributed by atoms with Gasteiger partial charge in [-0.2, -0.15) is 0 Å². The average Bonchev–Trinajstić information content (AvgIpc) is 2.63. The third kappa shape index (κ3) is 4.29. The number of aromatic nitrogens is 1. The van der Waals surface area contributed by atoms with Crippen LogP contribution in [0.1, 0.15) is 26.3 Å². The van der Waals surface area contributed by atoms with Gasteiger partial charge in [0.2, 0.25) is 0 Å². The summed E-state index contributed by atoms with van der Waals surface area (Å²) >= 11 is 4.35. The SMILES string of the molecule is Cc1ccnc(N(C(=O)c2ccc(I)cc2)C(=O)c2ccc(I)cc2)c1. The first-order valence-electron chi connectivity index (χ1n) is 7.78. The van der Waals surface area contributed by atoms with E-state index in [9.17, 15) is 9.59 Å². The summed E-state index contributed by atoms with van der Waals surface area (Å²) in [5, 5.41) is 0. The van der Waals surface area contributed by atoms with E-state index >= 15 is 0 Å². The molecule has 0 saturated heterocycles. The van der Waals surface area contributed by atoms with Gasteiger partial charge in [-0.25, -0.2) is 9.88 Å². The summed E-state index contributed by atoms with van der Waals surface area (Å²) in [7, 11) is 0. The molecule has 6 heteroatoms. The van der Waals surface area contributed by atoms with Crippen LogP contribution < -0.4 is 4.90 Å². The van der Waals surface area contributed by atoms with Crippen molar-refractivity contribution in [1.29, 1.82) is 0 Å². The van der Waals surface area contributed by atoms with Gasteiger partial charge in [0.1, 0.15) is 5.82 Å². The minimum atomic E-state index is -0.400. The Bertz CT molecular complexity index is 897. The van der Waals surface area contributed by atoms with E-state index in [1.807, 2.05) is 37.3 Å². The number of anilines is 1. The second-order valence-electron chi connectivity index (χ2n) is 5.65. The zero-order valence-corrected chi connectivity index (χ0v) is 18.1. The summed E-state index contributed by atoms with van der Waals surface area (Å²) < 4.78 is 2.03. The van der Waals surface area contributed by atoms with Gasteiger partial charge >= 0.3 is 0 Å². The fourth-order valence-corrected chi connectivity index (χ4v) is 3.11. The van der Waals surface area contributed by atoms with Crippen molar-refractivity contribution in [3.63, 3.8) is 0 Å². The van der Waals surface area contributed by atoms with E-state index in [0.29, 0.717) is 16.9 Å². The number of hydrogen-bond acceptors (Lipinski definition) is 3. The smallest absolute Gasteiger partial charge is 0.266 e. The van der Waals surface area contributed by atoms with Gasteiger partial charge in [0.05, 0.1) is 0 Å². The van der Waals surface area contributed by atoms with Gasteiger partial charge in [-0.3, -0.25) is 9.59 Å². The Morgan fingerprint density at radius 1 is 0.808 bits per heavy atom. The highest BCUT2D eigenvalue weighted by molar-refractivity contribution is 14.1. The lowest BCUT2D eigenvalue weighted by Crippen LogP contribution is -2.37. The van der Waals surface area contributed by atoms with Gasteiger partial charge in [-0.05, 0) is 118 Å². The fourth-order valence-electron chi connectivity index (χ4n) is 2.39. The molecule has 0 radical (unpaired) electrons. The Labute approximate surface area is 178 Å². The fraction of sp³-hybridized carbons (Fsp3) is 0.0500. The number of hydrogen-bond donors (Lipinski definition) is 0. The minimum absolute atomic E-state index is 0.317. The van der Waals surface area contributed by atoms with E-state index in [2.05, 4.69) is 50.2 Å². The Hall–Kier alpha value is -1.81. The van der Waals surface area contributed by atoms with Crippen LogP contribution in [0.5, 0.6) is 0 Å². The first-order chi connectivity index (χ1) is 12.5. The van der Waals surface area contributed by atoms with Gasteiger partial charge < -0.3 is 0 Å². The van der Waals surface area contributed by atoms with Gasteiger partial charge in [0.15, 0.2) is 0 Å². The molecule has 4 nitrogen and oxygen atoms in total. The first kappa shape index (κ1) is 19.0. The number of rotatable bonds is 3. The Morgan fingerprint density at radius 3 is 1.69 bits per heavy atom.